The van der Waals surface area contributed by atoms with E-state index < -0.39 is 0 Å². The van der Waals surface area contributed by atoms with E-state index in [-0.39, 0.29) is 5.91 Å². The van der Waals surface area contributed by atoms with E-state index in [1.54, 1.807) is 23.1 Å². The Kier molecular flexibility index (Phi) is 5.40. The third kappa shape index (κ3) is 3.98. The van der Waals surface area contributed by atoms with E-state index in [1.807, 2.05) is 40.6 Å². The van der Waals surface area contributed by atoms with Gasteiger partial charge in [-0.2, -0.15) is 0 Å². The quantitative estimate of drug-likeness (QED) is 0.592. The molecule has 0 spiro atoms. The summed E-state index contributed by atoms with van der Waals surface area (Å²) in [6.45, 7) is 1.35. The molecule has 1 aliphatic rings. The number of thioether (sulfide) groups is 1. The van der Waals surface area contributed by atoms with Gasteiger partial charge in [0.1, 0.15) is 5.75 Å². The van der Waals surface area contributed by atoms with Crippen molar-refractivity contribution in [3.05, 3.63) is 46.2 Å². The molecule has 0 radical (unpaired) electrons. The summed E-state index contributed by atoms with van der Waals surface area (Å²) in [5, 5.41) is 14.5. The first-order valence-electron chi connectivity index (χ1n) is 8.63. The molecule has 2 aromatic heterocycles. The van der Waals surface area contributed by atoms with E-state index in [4.69, 9.17) is 4.74 Å². The third-order valence-corrected chi connectivity index (χ3v) is 6.22. The summed E-state index contributed by atoms with van der Waals surface area (Å²) in [4.78, 5) is 15.9. The van der Waals surface area contributed by atoms with Crippen LogP contribution in [0.3, 0.4) is 0 Å². The molecule has 0 saturated heterocycles. The molecule has 140 valence electrons. The Morgan fingerprint density at radius 2 is 2.30 bits per heavy atom. The van der Waals surface area contributed by atoms with Crippen LogP contribution in [0.25, 0.3) is 0 Å². The van der Waals surface area contributed by atoms with Crippen molar-refractivity contribution in [2.75, 3.05) is 24.3 Å². The molecule has 3 heterocycles. The molecule has 0 unspecified atom stereocenters. The van der Waals surface area contributed by atoms with Crippen molar-refractivity contribution in [2.24, 2.45) is 0 Å². The molecule has 1 aromatic carbocycles. The fourth-order valence-electron chi connectivity index (χ4n) is 3.11. The topological polar surface area (TPSA) is 73.1 Å². The van der Waals surface area contributed by atoms with Gasteiger partial charge in [0.05, 0.1) is 19.4 Å². The van der Waals surface area contributed by atoms with Crippen LogP contribution in [0.1, 0.15) is 16.9 Å². The van der Waals surface area contributed by atoms with Gasteiger partial charge in [-0.3, -0.25) is 4.79 Å². The summed E-state index contributed by atoms with van der Waals surface area (Å²) in [6.07, 6.45) is 1.91. The van der Waals surface area contributed by atoms with Gasteiger partial charge in [-0.15, -0.1) is 16.4 Å². The average molecular weight is 402 g/mol. The Balaban J connectivity index is 1.43. The van der Waals surface area contributed by atoms with Crippen LogP contribution in [-0.4, -0.2) is 45.5 Å². The SMILES string of the molecule is COc1ccc2c(c1)CCCN2C(=O)CSc1nnnn1Cc1cccs1. The molecule has 1 amide bonds. The standard InChI is InChI=1S/C18H19N5O2S2/c1-25-14-6-7-16-13(10-14)4-2-8-22(16)17(24)12-27-18-19-20-21-23(18)11-15-5-3-9-26-15/h3,5-7,9-10H,2,4,8,11-12H2,1H3. The summed E-state index contributed by atoms with van der Waals surface area (Å²) in [5.74, 6) is 1.19. The van der Waals surface area contributed by atoms with Gasteiger partial charge < -0.3 is 9.64 Å². The molecule has 4 rings (SSSR count). The molecule has 1 aliphatic heterocycles. The van der Waals surface area contributed by atoms with Gasteiger partial charge in [-0.1, -0.05) is 17.8 Å². The molecular formula is C18H19N5O2S2. The van der Waals surface area contributed by atoms with Crippen molar-refractivity contribution in [2.45, 2.75) is 24.5 Å². The van der Waals surface area contributed by atoms with E-state index in [0.717, 1.165) is 36.4 Å². The van der Waals surface area contributed by atoms with Crippen molar-refractivity contribution in [1.82, 2.24) is 20.2 Å². The van der Waals surface area contributed by atoms with E-state index in [2.05, 4.69) is 15.5 Å². The number of amides is 1. The van der Waals surface area contributed by atoms with Crippen LogP contribution in [0.5, 0.6) is 5.75 Å². The van der Waals surface area contributed by atoms with Gasteiger partial charge in [0, 0.05) is 17.1 Å². The number of hydrogen-bond acceptors (Lipinski definition) is 7. The fourth-order valence-corrected chi connectivity index (χ4v) is 4.55. The van der Waals surface area contributed by atoms with Gasteiger partial charge in [-0.25, -0.2) is 4.68 Å². The van der Waals surface area contributed by atoms with Crippen LogP contribution in [0, 0.1) is 0 Å². The Morgan fingerprint density at radius 1 is 1.37 bits per heavy atom. The third-order valence-electron chi connectivity index (χ3n) is 4.42. The Hall–Kier alpha value is -2.39. The molecule has 0 aliphatic carbocycles. The highest BCUT2D eigenvalue weighted by Crippen LogP contribution is 2.31. The first-order chi connectivity index (χ1) is 13.2. The molecular weight excluding hydrogens is 382 g/mol. The van der Waals surface area contributed by atoms with Crippen LogP contribution >= 0.6 is 23.1 Å². The lowest BCUT2D eigenvalue weighted by Gasteiger charge is -2.29. The number of carbonyl (C=O) groups excluding carboxylic acids is 1. The largest absolute Gasteiger partial charge is 0.497 e. The number of hydrogen-bond donors (Lipinski definition) is 0. The van der Waals surface area contributed by atoms with Crippen molar-refractivity contribution in [1.29, 1.82) is 0 Å². The van der Waals surface area contributed by atoms with E-state index in [9.17, 15) is 4.79 Å². The Morgan fingerprint density at radius 3 is 3.11 bits per heavy atom. The van der Waals surface area contributed by atoms with Crippen LogP contribution in [0.4, 0.5) is 5.69 Å². The molecule has 3 aromatic rings. The van der Waals surface area contributed by atoms with E-state index >= 15 is 0 Å². The number of thiophene rings is 1. The van der Waals surface area contributed by atoms with Gasteiger partial charge in [-0.05, 0) is 58.5 Å². The lowest BCUT2D eigenvalue weighted by molar-refractivity contribution is -0.116. The van der Waals surface area contributed by atoms with Crippen LogP contribution < -0.4 is 9.64 Å². The minimum Gasteiger partial charge on any atom is -0.497 e. The number of anilines is 1. The summed E-state index contributed by atoms with van der Waals surface area (Å²) < 4.78 is 7.03. The maximum absolute atomic E-state index is 12.8. The maximum atomic E-state index is 12.8. The molecule has 0 atom stereocenters. The molecule has 0 fully saturated rings. The Labute approximate surface area is 165 Å². The Bertz CT molecular complexity index is 926. The highest BCUT2D eigenvalue weighted by molar-refractivity contribution is 7.99. The number of nitrogens with zero attached hydrogens (tertiary/aromatic N) is 5. The number of aromatic nitrogens is 4. The number of carbonyl (C=O) groups is 1. The highest BCUT2D eigenvalue weighted by atomic mass is 32.2. The first kappa shape index (κ1) is 18.0. The predicted molar refractivity (Wildman–Crippen MR) is 106 cm³/mol. The van der Waals surface area contributed by atoms with Gasteiger partial charge >= 0.3 is 0 Å². The molecule has 9 heteroatoms. The minimum atomic E-state index is 0.0665. The lowest BCUT2D eigenvalue weighted by atomic mass is 10.0. The van der Waals surface area contributed by atoms with E-state index in [1.165, 1.54) is 16.6 Å². The summed E-state index contributed by atoms with van der Waals surface area (Å²) in [5.41, 5.74) is 2.13. The summed E-state index contributed by atoms with van der Waals surface area (Å²) in [7, 11) is 1.66. The molecule has 27 heavy (non-hydrogen) atoms. The summed E-state index contributed by atoms with van der Waals surface area (Å²) >= 11 is 3.04. The lowest BCUT2D eigenvalue weighted by Crippen LogP contribution is -2.36. The molecule has 0 N–H and O–H groups in total. The van der Waals surface area contributed by atoms with Crippen LogP contribution in [0.2, 0.25) is 0 Å². The van der Waals surface area contributed by atoms with Crippen molar-refractivity contribution < 1.29 is 9.53 Å². The van der Waals surface area contributed by atoms with Gasteiger partial charge in [0.15, 0.2) is 0 Å². The number of rotatable bonds is 6. The number of benzene rings is 1. The first-order valence-corrected chi connectivity index (χ1v) is 10.5. The van der Waals surface area contributed by atoms with Crippen LogP contribution in [0.15, 0.2) is 40.9 Å². The molecule has 0 saturated carbocycles. The minimum absolute atomic E-state index is 0.0665. The maximum Gasteiger partial charge on any atom is 0.237 e. The van der Waals surface area contributed by atoms with Gasteiger partial charge in [0.25, 0.3) is 0 Å². The zero-order valence-electron chi connectivity index (χ0n) is 14.9. The van der Waals surface area contributed by atoms with Crippen molar-refractivity contribution >= 4 is 34.7 Å². The second-order valence-corrected chi connectivity index (χ2v) is 8.11. The number of methoxy groups -OCH3 is 1. The zero-order valence-corrected chi connectivity index (χ0v) is 16.5. The number of ether oxygens (including phenoxy) is 1. The van der Waals surface area contributed by atoms with Crippen molar-refractivity contribution in [3.63, 3.8) is 0 Å². The smallest absolute Gasteiger partial charge is 0.237 e. The average Bonchev–Trinajstić information content (AvgIpc) is 3.37. The predicted octanol–water partition coefficient (Wildman–Crippen LogP) is 2.86. The van der Waals surface area contributed by atoms with Crippen molar-refractivity contribution in [3.8, 4) is 5.75 Å². The number of tetrazole rings is 1. The number of fused-ring (bicyclic) bond motifs is 1. The molecule has 0 bridgehead atoms. The summed E-state index contributed by atoms with van der Waals surface area (Å²) in [6, 6.07) is 9.94. The van der Waals surface area contributed by atoms with Gasteiger partial charge in [0.2, 0.25) is 11.1 Å². The highest BCUT2D eigenvalue weighted by Gasteiger charge is 2.23. The second-order valence-electron chi connectivity index (χ2n) is 6.13. The fraction of sp³-hybridized carbons (Fsp3) is 0.333. The zero-order chi connectivity index (χ0) is 18.6. The monoisotopic (exact) mass is 401 g/mol. The number of aryl methyl sites for hydroxylation is 1. The van der Waals surface area contributed by atoms with E-state index in [0.29, 0.717) is 17.5 Å². The second kappa shape index (κ2) is 8.10. The van der Waals surface area contributed by atoms with Crippen LogP contribution in [-0.2, 0) is 17.8 Å². The molecule has 7 nitrogen and oxygen atoms in total. The normalized spacial score (nSPS) is 13.4.